The number of amides is 1. The van der Waals surface area contributed by atoms with Gasteiger partial charge >= 0.3 is 6.03 Å². The molecule has 4 heterocycles. The van der Waals surface area contributed by atoms with Crippen LogP contribution in [0.25, 0.3) is 11.0 Å². The molecule has 11 nitrogen and oxygen atoms in total. The first-order chi connectivity index (χ1) is 20.6. The van der Waals surface area contributed by atoms with Crippen LogP contribution in [0.1, 0.15) is 46.7 Å². The summed E-state index contributed by atoms with van der Waals surface area (Å²) in [5.41, 5.74) is 5.93. The Morgan fingerprint density at radius 2 is 1.60 bits per heavy atom. The van der Waals surface area contributed by atoms with Crippen LogP contribution >= 0.6 is 0 Å². The third kappa shape index (κ3) is 4.83. The number of likely N-dealkylation sites (tertiary alicyclic amines) is 1. The minimum atomic E-state index is -0.227. The third-order valence-corrected chi connectivity index (χ3v) is 8.39. The molecule has 1 fully saturated rings. The molecule has 7 rings (SSSR count). The highest BCUT2D eigenvalue weighted by Crippen LogP contribution is 2.37. The van der Waals surface area contributed by atoms with E-state index >= 15 is 0 Å². The van der Waals surface area contributed by atoms with E-state index in [0.717, 1.165) is 46.6 Å². The molecule has 42 heavy (non-hydrogen) atoms. The molecule has 214 valence electrons. The summed E-state index contributed by atoms with van der Waals surface area (Å²) in [6.07, 6.45) is 1.59. The first kappa shape index (κ1) is 26.4. The highest BCUT2D eigenvalue weighted by atomic mass is 16.7. The summed E-state index contributed by atoms with van der Waals surface area (Å²) in [6.45, 7) is 2.72. The number of ether oxygens (including phenoxy) is 4. The summed E-state index contributed by atoms with van der Waals surface area (Å²) >= 11 is 0. The van der Waals surface area contributed by atoms with E-state index in [1.165, 1.54) is 4.68 Å². The molecule has 0 radical (unpaired) electrons. The van der Waals surface area contributed by atoms with Crippen LogP contribution in [-0.2, 0) is 22.7 Å². The van der Waals surface area contributed by atoms with Crippen molar-refractivity contribution in [1.82, 2.24) is 24.8 Å². The Kier molecular flexibility index (Phi) is 6.95. The Bertz CT molecular complexity index is 1630. The maximum absolute atomic E-state index is 13.4. The van der Waals surface area contributed by atoms with Gasteiger partial charge in [-0.1, -0.05) is 17.3 Å². The zero-order chi connectivity index (χ0) is 28.6. The molecule has 1 saturated heterocycles. The van der Waals surface area contributed by atoms with E-state index in [1.54, 1.807) is 18.2 Å². The summed E-state index contributed by atoms with van der Waals surface area (Å²) in [4.78, 5) is 17.7. The van der Waals surface area contributed by atoms with E-state index in [2.05, 4.69) is 52.6 Å². The number of benzene rings is 3. The Hall–Kier alpha value is -4.50. The number of piperidine rings is 1. The largest absolute Gasteiger partial charge is 0.467 e. The Morgan fingerprint density at radius 1 is 0.952 bits per heavy atom. The number of fused-ring (bicyclic) bond motifs is 3. The van der Waals surface area contributed by atoms with E-state index in [4.69, 9.17) is 18.9 Å². The summed E-state index contributed by atoms with van der Waals surface area (Å²) in [5, 5.41) is 17.5. The second-order valence-corrected chi connectivity index (χ2v) is 10.8. The van der Waals surface area contributed by atoms with Crippen molar-refractivity contribution in [3.05, 3.63) is 82.4 Å². The highest BCUT2D eigenvalue weighted by Gasteiger charge is 2.32. The first-order valence-corrected chi connectivity index (χ1v) is 14.0. The topological polar surface area (TPSA) is 115 Å². The van der Waals surface area contributed by atoms with Crippen LogP contribution in [0, 0.1) is 11.3 Å². The van der Waals surface area contributed by atoms with Gasteiger partial charge in [-0.25, -0.2) is 4.79 Å². The molecule has 4 aromatic rings. The predicted octanol–water partition coefficient (Wildman–Crippen LogP) is 4.19. The van der Waals surface area contributed by atoms with E-state index < -0.39 is 0 Å². The lowest BCUT2D eigenvalue weighted by atomic mass is 9.91. The molecule has 0 saturated carbocycles. The van der Waals surface area contributed by atoms with Crippen molar-refractivity contribution < 1.29 is 23.7 Å². The number of nitriles is 1. The van der Waals surface area contributed by atoms with Crippen LogP contribution < -0.4 is 9.47 Å². The maximum Gasteiger partial charge on any atom is 0.346 e. The van der Waals surface area contributed by atoms with E-state index in [1.807, 2.05) is 17.0 Å². The van der Waals surface area contributed by atoms with E-state index in [9.17, 15) is 10.1 Å². The Labute approximate surface area is 242 Å². The van der Waals surface area contributed by atoms with Crippen molar-refractivity contribution in [2.24, 2.45) is 0 Å². The lowest BCUT2D eigenvalue weighted by Crippen LogP contribution is -2.48. The lowest BCUT2D eigenvalue weighted by molar-refractivity contribution is -0.0164. The van der Waals surface area contributed by atoms with Crippen LogP contribution in [0.15, 0.2) is 54.6 Å². The zero-order valence-electron chi connectivity index (χ0n) is 23.2. The van der Waals surface area contributed by atoms with Crippen molar-refractivity contribution in [2.45, 2.75) is 38.1 Å². The molecule has 11 heteroatoms. The fraction of sp³-hybridized carbons (Fsp3) is 0.355. The van der Waals surface area contributed by atoms with Crippen molar-refractivity contribution in [3.8, 4) is 17.6 Å². The van der Waals surface area contributed by atoms with E-state index in [-0.39, 0.29) is 31.7 Å². The van der Waals surface area contributed by atoms with Gasteiger partial charge < -0.3 is 23.8 Å². The Balaban J connectivity index is 1.14. The first-order valence-electron chi connectivity index (χ1n) is 14.0. The average Bonchev–Trinajstić information content (AvgIpc) is 3.47. The van der Waals surface area contributed by atoms with Crippen LogP contribution in [-0.4, -0.2) is 70.6 Å². The number of rotatable bonds is 4. The number of hydrogen-bond donors (Lipinski definition) is 0. The van der Waals surface area contributed by atoms with Gasteiger partial charge in [0.25, 0.3) is 0 Å². The minimum Gasteiger partial charge on any atom is -0.467 e. The molecule has 0 unspecified atom stereocenters. The summed E-state index contributed by atoms with van der Waals surface area (Å²) < 4.78 is 23.8. The summed E-state index contributed by atoms with van der Waals surface area (Å²) in [5.74, 6) is 1.71. The number of aromatic nitrogens is 3. The number of nitrogens with zero attached hydrogens (tertiary/aromatic N) is 6. The molecular formula is C31H30N6O5. The summed E-state index contributed by atoms with van der Waals surface area (Å²) in [6, 6.07) is 19.8. The summed E-state index contributed by atoms with van der Waals surface area (Å²) in [7, 11) is 2.15. The van der Waals surface area contributed by atoms with Gasteiger partial charge in [-0.15, -0.1) is 5.10 Å². The van der Waals surface area contributed by atoms with Gasteiger partial charge in [0.15, 0.2) is 13.6 Å². The van der Waals surface area contributed by atoms with Crippen LogP contribution in [0.2, 0.25) is 0 Å². The predicted molar refractivity (Wildman–Crippen MR) is 151 cm³/mol. The molecule has 0 aliphatic carbocycles. The molecule has 3 aromatic carbocycles. The van der Waals surface area contributed by atoms with Gasteiger partial charge in [0, 0.05) is 30.3 Å². The molecule has 3 aliphatic heterocycles. The van der Waals surface area contributed by atoms with Gasteiger partial charge in [-0.3, -0.25) is 4.90 Å². The second kappa shape index (κ2) is 11.1. The van der Waals surface area contributed by atoms with Gasteiger partial charge in [-0.05, 0) is 73.5 Å². The van der Waals surface area contributed by atoms with Crippen LogP contribution in [0.5, 0.6) is 11.5 Å². The number of carbonyl (C=O) groups is 1. The molecule has 0 bridgehead atoms. The number of carbonyl (C=O) groups excluding carboxylic acids is 1. The monoisotopic (exact) mass is 566 g/mol. The third-order valence-electron chi connectivity index (χ3n) is 8.39. The van der Waals surface area contributed by atoms with Gasteiger partial charge in [0.1, 0.15) is 22.5 Å². The number of hydrogen-bond acceptors (Lipinski definition) is 9. The molecule has 0 N–H and O–H groups in total. The standard InChI is InChI=1S/C31H30N6O5/c1-35(25-8-10-36(11-9-25)31(38)37-27-12-20(15-32)2-5-26(27)33-34-37)30(21-3-6-28-23(13-21)16-39-18-41-28)22-4-7-29-24(14-22)17-40-19-42-29/h2-7,12-14,25,30H,8-11,16-19H2,1H3. The van der Waals surface area contributed by atoms with Gasteiger partial charge in [0.05, 0.1) is 30.9 Å². The van der Waals surface area contributed by atoms with Crippen LogP contribution in [0.3, 0.4) is 0 Å². The molecule has 1 amide bonds. The minimum absolute atomic E-state index is 0.0413. The zero-order valence-corrected chi connectivity index (χ0v) is 23.2. The lowest BCUT2D eigenvalue weighted by Gasteiger charge is -2.41. The molecule has 3 aliphatic rings. The molecule has 0 spiro atoms. The normalized spacial score (nSPS) is 17.0. The highest BCUT2D eigenvalue weighted by molar-refractivity contribution is 5.88. The average molecular weight is 567 g/mol. The fourth-order valence-corrected chi connectivity index (χ4v) is 6.16. The Morgan fingerprint density at radius 3 is 2.21 bits per heavy atom. The quantitative estimate of drug-likeness (QED) is 0.359. The van der Waals surface area contributed by atoms with Crippen molar-refractivity contribution in [2.75, 3.05) is 33.7 Å². The molecular weight excluding hydrogens is 536 g/mol. The van der Waals surface area contributed by atoms with Crippen molar-refractivity contribution in [1.29, 1.82) is 5.26 Å². The fourth-order valence-electron chi connectivity index (χ4n) is 6.16. The SMILES string of the molecule is CN(C1CCN(C(=O)n2nnc3ccc(C#N)cc32)CC1)C(c1ccc2c(c1)COCO2)c1ccc2c(c1)COCO2. The second-order valence-electron chi connectivity index (χ2n) is 10.8. The van der Waals surface area contributed by atoms with Crippen molar-refractivity contribution >= 4 is 17.1 Å². The molecule has 1 aromatic heterocycles. The van der Waals surface area contributed by atoms with Crippen LogP contribution in [0.4, 0.5) is 4.79 Å². The van der Waals surface area contributed by atoms with E-state index in [0.29, 0.717) is 42.9 Å². The smallest absolute Gasteiger partial charge is 0.346 e. The van der Waals surface area contributed by atoms with Gasteiger partial charge in [0.2, 0.25) is 0 Å². The van der Waals surface area contributed by atoms with Gasteiger partial charge in [-0.2, -0.15) is 9.94 Å². The van der Waals surface area contributed by atoms with Crippen molar-refractivity contribution in [3.63, 3.8) is 0 Å². The maximum atomic E-state index is 13.4. The molecule has 0 atom stereocenters.